The van der Waals surface area contributed by atoms with E-state index in [1.165, 1.54) is 18.7 Å². The van der Waals surface area contributed by atoms with Crippen LogP contribution in [0.5, 0.6) is 0 Å². The van der Waals surface area contributed by atoms with Crippen molar-refractivity contribution >= 4 is 17.8 Å². The van der Waals surface area contributed by atoms with Crippen molar-refractivity contribution in [2.45, 2.75) is 12.5 Å². The molecule has 1 aromatic heterocycles. The normalized spacial score (nSPS) is 11.5. The molecule has 1 atom stereocenters. The summed E-state index contributed by atoms with van der Waals surface area (Å²) >= 11 is 0. The molecule has 17 heavy (non-hydrogen) atoms. The Hall–Kier alpha value is -2.51. The number of hydrogen-bond donors (Lipinski definition) is 3. The van der Waals surface area contributed by atoms with E-state index in [0.29, 0.717) is 0 Å². The first-order chi connectivity index (χ1) is 8.00. The van der Waals surface area contributed by atoms with E-state index in [2.05, 4.69) is 15.3 Å². The summed E-state index contributed by atoms with van der Waals surface area (Å²) in [5, 5.41) is 10.9. The summed E-state index contributed by atoms with van der Waals surface area (Å²) in [5.74, 6) is -2.84. The molecule has 1 aromatic rings. The highest BCUT2D eigenvalue weighted by molar-refractivity contribution is 5.97. The molecule has 0 fully saturated rings. The number of primary amides is 1. The van der Waals surface area contributed by atoms with Crippen LogP contribution in [0.15, 0.2) is 18.7 Å². The zero-order chi connectivity index (χ0) is 12.8. The lowest BCUT2D eigenvalue weighted by Crippen LogP contribution is -2.43. The second kappa shape index (κ2) is 5.54. The van der Waals surface area contributed by atoms with Crippen molar-refractivity contribution in [3.8, 4) is 0 Å². The molecule has 1 heterocycles. The second-order valence-corrected chi connectivity index (χ2v) is 3.16. The Bertz CT molecular complexity index is 434. The van der Waals surface area contributed by atoms with E-state index in [1.807, 2.05) is 0 Å². The smallest absolute Gasteiger partial charge is 0.326 e. The molecule has 0 radical (unpaired) electrons. The van der Waals surface area contributed by atoms with Gasteiger partial charge in [-0.3, -0.25) is 9.59 Å². The third kappa shape index (κ3) is 3.86. The zero-order valence-electron chi connectivity index (χ0n) is 8.66. The van der Waals surface area contributed by atoms with E-state index in [0.717, 1.165) is 0 Å². The number of nitrogens with two attached hydrogens (primary N) is 1. The van der Waals surface area contributed by atoms with Gasteiger partial charge >= 0.3 is 5.97 Å². The fourth-order valence-electron chi connectivity index (χ4n) is 1.06. The van der Waals surface area contributed by atoms with Gasteiger partial charge in [-0.25, -0.2) is 14.8 Å². The van der Waals surface area contributed by atoms with E-state index < -0.39 is 30.2 Å². The molecular formula is C9H10N4O4. The molecule has 0 spiro atoms. The van der Waals surface area contributed by atoms with Crippen molar-refractivity contribution in [1.82, 2.24) is 15.3 Å². The van der Waals surface area contributed by atoms with Gasteiger partial charge in [-0.15, -0.1) is 0 Å². The average Bonchev–Trinajstić information content (AvgIpc) is 2.28. The summed E-state index contributed by atoms with van der Waals surface area (Å²) in [7, 11) is 0. The van der Waals surface area contributed by atoms with Crippen LogP contribution in [0.1, 0.15) is 16.8 Å². The van der Waals surface area contributed by atoms with Crippen LogP contribution in [-0.4, -0.2) is 38.9 Å². The molecule has 0 aromatic carbocycles. The van der Waals surface area contributed by atoms with Gasteiger partial charge < -0.3 is 16.2 Å². The Balaban J connectivity index is 2.71. The van der Waals surface area contributed by atoms with Crippen molar-refractivity contribution in [2.75, 3.05) is 0 Å². The van der Waals surface area contributed by atoms with E-state index in [-0.39, 0.29) is 5.56 Å². The van der Waals surface area contributed by atoms with Gasteiger partial charge in [-0.1, -0.05) is 0 Å². The predicted molar refractivity (Wildman–Crippen MR) is 54.7 cm³/mol. The predicted octanol–water partition coefficient (Wildman–Crippen LogP) is -1.46. The molecule has 4 N–H and O–H groups in total. The van der Waals surface area contributed by atoms with E-state index >= 15 is 0 Å². The quantitative estimate of drug-likeness (QED) is 0.573. The molecule has 0 saturated carbocycles. The highest BCUT2D eigenvalue weighted by atomic mass is 16.4. The van der Waals surface area contributed by atoms with Crippen LogP contribution in [0.4, 0.5) is 0 Å². The van der Waals surface area contributed by atoms with E-state index in [1.54, 1.807) is 0 Å². The van der Waals surface area contributed by atoms with Gasteiger partial charge in [-0.2, -0.15) is 0 Å². The van der Waals surface area contributed by atoms with Gasteiger partial charge in [0, 0.05) is 12.4 Å². The first kappa shape index (κ1) is 12.6. The topological polar surface area (TPSA) is 135 Å². The Labute approximate surface area is 95.9 Å². The minimum atomic E-state index is -1.36. The van der Waals surface area contributed by atoms with Crippen molar-refractivity contribution in [3.63, 3.8) is 0 Å². The number of carbonyl (C=O) groups excluding carboxylic acids is 2. The minimum Gasteiger partial charge on any atom is -0.480 e. The van der Waals surface area contributed by atoms with Gasteiger partial charge in [0.25, 0.3) is 5.91 Å². The number of carbonyl (C=O) groups is 3. The number of aromatic nitrogens is 2. The van der Waals surface area contributed by atoms with Crippen LogP contribution in [0.3, 0.4) is 0 Å². The van der Waals surface area contributed by atoms with Crippen molar-refractivity contribution in [1.29, 1.82) is 0 Å². The van der Waals surface area contributed by atoms with Crippen LogP contribution in [0.25, 0.3) is 0 Å². The monoisotopic (exact) mass is 238 g/mol. The molecule has 0 aliphatic carbocycles. The van der Waals surface area contributed by atoms with Gasteiger partial charge in [0.05, 0.1) is 12.0 Å². The van der Waals surface area contributed by atoms with Gasteiger partial charge in [0.1, 0.15) is 12.4 Å². The molecule has 0 bridgehead atoms. The fourth-order valence-corrected chi connectivity index (χ4v) is 1.06. The Morgan fingerprint density at radius 2 is 1.94 bits per heavy atom. The van der Waals surface area contributed by atoms with Crippen LogP contribution >= 0.6 is 0 Å². The highest BCUT2D eigenvalue weighted by Gasteiger charge is 2.22. The third-order valence-corrected chi connectivity index (χ3v) is 1.83. The van der Waals surface area contributed by atoms with Crippen LogP contribution in [0, 0.1) is 0 Å². The maximum absolute atomic E-state index is 11.5. The average molecular weight is 238 g/mol. The molecule has 0 aliphatic rings. The minimum absolute atomic E-state index is 0.100. The fraction of sp³-hybridized carbons (Fsp3) is 0.222. The third-order valence-electron chi connectivity index (χ3n) is 1.83. The maximum atomic E-state index is 11.5. The SMILES string of the molecule is NC(=O)C[C@@H](NC(=O)c1cncnc1)C(=O)O. The number of nitrogens with one attached hydrogen (secondary N) is 1. The first-order valence-corrected chi connectivity index (χ1v) is 4.57. The van der Waals surface area contributed by atoms with Gasteiger partial charge in [0.2, 0.25) is 5.91 Å². The maximum Gasteiger partial charge on any atom is 0.326 e. The lowest BCUT2D eigenvalue weighted by Gasteiger charge is -2.12. The lowest BCUT2D eigenvalue weighted by molar-refractivity contribution is -0.140. The summed E-state index contributed by atoms with van der Waals surface area (Å²) in [4.78, 5) is 40.1. The molecular weight excluding hydrogens is 228 g/mol. The Kier molecular flexibility index (Phi) is 4.09. The molecule has 8 heteroatoms. The summed E-state index contributed by atoms with van der Waals surface area (Å²) in [6.45, 7) is 0. The number of carboxylic acids is 1. The zero-order valence-corrected chi connectivity index (χ0v) is 8.66. The number of rotatable bonds is 5. The summed E-state index contributed by atoms with van der Waals surface area (Å²) < 4.78 is 0. The Morgan fingerprint density at radius 1 is 1.35 bits per heavy atom. The molecule has 8 nitrogen and oxygen atoms in total. The molecule has 1 rings (SSSR count). The number of amides is 2. The van der Waals surface area contributed by atoms with Crippen molar-refractivity contribution in [2.24, 2.45) is 5.73 Å². The number of carboxylic acid groups (broad SMARTS) is 1. The standard InChI is InChI=1S/C9H10N4O4/c10-7(14)1-6(9(16)17)13-8(15)5-2-11-4-12-3-5/h2-4,6H,1H2,(H2,10,14)(H,13,15)(H,16,17)/t6-/m1/s1. The van der Waals surface area contributed by atoms with Crippen LogP contribution in [-0.2, 0) is 9.59 Å². The number of hydrogen-bond acceptors (Lipinski definition) is 5. The van der Waals surface area contributed by atoms with Crippen molar-refractivity contribution in [3.05, 3.63) is 24.3 Å². The second-order valence-electron chi connectivity index (χ2n) is 3.16. The number of aliphatic carboxylic acids is 1. The summed E-state index contributed by atoms with van der Waals surface area (Å²) in [6, 6.07) is -1.36. The van der Waals surface area contributed by atoms with E-state index in [4.69, 9.17) is 10.8 Å². The summed E-state index contributed by atoms with van der Waals surface area (Å²) in [5.41, 5.74) is 4.97. The largest absolute Gasteiger partial charge is 0.480 e. The molecule has 0 saturated heterocycles. The Morgan fingerprint density at radius 3 is 2.41 bits per heavy atom. The first-order valence-electron chi connectivity index (χ1n) is 4.57. The van der Waals surface area contributed by atoms with Crippen molar-refractivity contribution < 1.29 is 19.5 Å². The molecule has 90 valence electrons. The molecule has 0 aliphatic heterocycles. The van der Waals surface area contributed by atoms with Crippen LogP contribution < -0.4 is 11.1 Å². The molecule has 2 amide bonds. The van der Waals surface area contributed by atoms with Crippen LogP contribution in [0.2, 0.25) is 0 Å². The molecule has 0 unspecified atom stereocenters. The highest BCUT2D eigenvalue weighted by Crippen LogP contribution is 1.97. The van der Waals surface area contributed by atoms with E-state index in [9.17, 15) is 14.4 Å². The van der Waals surface area contributed by atoms with Gasteiger partial charge in [-0.05, 0) is 0 Å². The number of nitrogens with zero attached hydrogens (tertiary/aromatic N) is 2. The van der Waals surface area contributed by atoms with Gasteiger partial charge in [0.15, 0.2) is 0 Å². The lowest BCUT2D eigenvalue weighted by atomic mass is 10.2. The summed E-state index contributed by atoms with van der Waals surface area (Å²) in [6.07, 6.45) is 3.21.